The summed E-state index contributed by atoms with van der Waals surface area (Å²) in [5.74, 6) is -0.123. The zero-order valence-electron chi connectivity index (χ0n) is 8.78. The fraction of sp³-hybridized carbons (Fsp3) is 0.364. The maximum absolute atomic E-state index is 12.6. The Kier molecular flexibility index (Phi) is 3.05. The Balaban J connectivity index is 2.31. The van der Waals surface area contributed by atoms with Crippen LogP contribution in [0.4, 0.5) is 15.8 Å². The average Bonchev–Trinajstić information content (AvgIpc) is 2.28. The monoisotopic (exact) mass is 224 g/mol. The summed E-state index contributed by atoms with van der Waals surface area (Å²) in [5, 5.41) is 0. The molecule has 0 saturated carbocycles. The number of anilines is 2. The Morgan fingerprint density at radius 1 is 1.44 bits per heavy atom. The van der Waals surface area contributed by atoms with Gasteiger partial charge in [0.2, 0.25) is 0 Å². The Morgan fingerprint density at radius 3 is 2.94 bits per heavy atom. The number of ether oxygens (including phenoxy) is 1. The molecule has 4 nitrogen and oxygen atoms in total. The maximum Gasteiger partial charge on any atom is 0.253 e. The highest BCUT2D eigenvalue weighted by atomic mass is 19.1. The topological polar surface area (TPSA) is 55.6 Å². The number of halogens is 1. The van der Waals surface area contributed by atoms with Gasteiger partial charge in [-0.05, 0) is 23.8 Å². The van der Waals surface area contributed by atoms with Gasteiger partial charge in [-0.15, -0.1) is 0 Å². The Labute approximate surface area is 92.8 Å². The highest BCUT2D eigenvalue weighted by molar-refractivity contribution is 5.95. The van der Waals surface area contributed by atoms with E-state index >= 15 is 0 Å². The molecular formula is C11H13FN2O2. The van der Waals surface area contributed by atoms with Crippen LogP contribution in [0.1, 0.15) is 5.56 Å². The molecule has 1 aromatic rings. The van der Waals surface area contributed by atoms with Gasteiger partial charge >= 0.3 is 0 Å². The second-order valence-corrected chi connectivity index (χ2v) is 3.66. The number of hydrogen-bond donors (Lipinski definition) is 1. The van der Waals surface area contributed by atoms with Crippen molar-refractivity contribution in [3.05, 3.63) is 23.8 Å². The summed E-state index contributed by atoms with van der Waals surface area (Å²) in [6, 6.07) is 4.87. The van der Waals surface area contributed by atoms with E-state index in [0.717, 1.165) is 0 Å². The van der Waals surface area contributed by atoms with Crippen molar-refractivity contribution in [2.24, 2.45) is 0 Å². The summed E-state index contributed by atoms with van der Waals surface area (Å²) in [7, 11) is 0. The number of nitrogens with zero attached hydrogens (tertiary/aromatic N) is 1. The van der Waals surface area contributed by atoms with Crippen LogP contribution in [0.25, 0.3) is 0 Å². The molecule has 0 bridgehead atoms. The van der Waals surface area contributed by atoms with E-state index in [0.29, 0.717) is 30.1 Å². The van der Waals surface area contributed by atoms with Crippen LogP contribution in [0.5, 0.6) is 0 Å². The molecule has 0 unspecified atom stereocenters. The van der Waals surface area contributed by atoms with Gasteiger partial charge in [-0.3, -0.25) is 4.79 Å². The van der Waals surface area contributed by atoms with Crippen LogP contribution in [0.3, 0.4) is 0 Å². The van der Waals surface area contributed by atoms with E-state index in [9.17, 15) is 9.18 Å². The van der Waals surface area contributed by atoms with Crippen molar-refractivity contribution in [3.8, 4) is 0 Å². The minimum atomic E-state index is -0.587. The summed E-state index contributed by atoms with van der Waals surface area (Å²) in [4.78, 5) is 13.1. The molecule has 1 heterocycles. The summed E-state index contributed by atoms with van der Waals surface area (Å²) < 4.78 is 17.6. The third-order valence-electron chi connectivity index (χ3n) is 2.45. The van der Waals surface area contributed by atoms with E-state index in [1.807, 2.05) is 0 Å². The lowest BCUT2D eigenvalue weighted by molar-refractivity contribution is -0.125. The van der Waals surface area contributed by atoms with Crippen LogP contribution in [-0.4, -0.2) is 25.7 Å². The molecule has 1 aliphatic heterocycles. The van der Waals surface area contributed by atoms with Crippen LogP contribution < -0.4 is 10.6 Å². The average molecular weight is 224 g/mol. The third-order valence-corrected chi connectivity index (χ3v) is 2.45. The second-order valence-electron chi connectivity index (χ2n) is 3.66. The van der Waals surface area contributed by atoms with Crippen LogP contribution in [-0.2, 0) is 16.2 Å². The molecule has 2 N–H and O–H groups in total. The number of morpholine rings is 1. The molecule has 0 aliphatic carbocycles. The number of carbonyl (C=O) groups excluding carboxylic acids is 1. The number of benzene rings is 1. The van der Waals surface area contributed by atoms with Gasteiger partial charge in [0.1, 0.15) is 13.3 Å². The van der Waals surface area contributed by atoms with Gasteiger partial charge in [0.25, 0.3) is 5.91 Å². The Morgan fingerprint density at radius 2 is 2.25 bits per heavy atom. The molecule has 0 atom stereocenters. The van der Waals surface area contributed by atoms with Gasteiger partial charge in [0.15, 0.2) is 0 Å². The highest BCUT2D eigenvalue weighted by Gasteiger charge is 2.20. The molecule has 0 spiro atoms. The number of alkyl halides is 1. The number of carbonyl (C=O) groups is 1. The van der Waals surface area contributed by atoms with Gasteiger partial charge < -0.3 is 15.4 Å². The summed E-state index contributed by atoms with van der Waals surface area (Å²) in [6.45, 7) is 0.454. The largest absolute Gasteiger partial charge is 0.399 e. The fourth-order valence-electron chi connectivity index (χ4n) is 1.72. The summed E-state index contributed by atoms with van der Waals surface area (Å²) >= 11 is 0. The van der Waals surface area contributed by atoms with Gasteiger partial charge in [-0.25, -0.2) is 4.39 Å². The normalized spacial score (nSPS) is 16.6. The maximum atomic E-state index is 12.6. The van der Waals surface area contributed by atoms with Crippen LogP contribution in [0.15, 0.2) is 18.2 Å². The molecule has 2 rings (SSSR count). The zero-order valence-corrected chi connectivity index (χ0v) is 8.78. The first kappa shape index (κ1) is 10.9. The van der Waals surface area contributed by atoms with Crippen molar-refractivity contribution in [1.82, 2.24) is 0 Å². The predicted molar refractivity (Wildman–Crippen MR) is 58.8 cm³/mol. The highest BCUT2D eigenvalue weighted by Crippen LogP contribution is 2.22. The van der Waals surface area contributed by atoms with Gasteiger partial charge in [0, 0.05) is 17.9 Å². The number of rotatable bonds is 2. The Hall–Kier alpha value is -1.62. The standard InChI is InChI=1S/C11H13FN2O2/c12-6-8-3-9(13)5-10(4-8)14-1-2-16-7-11(14)15/h3-5H,1-2,6-7,13H2. The molecule has 1 aliphatic rings. The van der Waals surface area contributed by atoms with Crippen molar-refractivity contribution >= 4 is 17.3 Å². The van der Waals surface area contributed by atoms with Crippen molar-refractivity contribution in [2.75, 3.05) is 30.4 Å². The smallest absolute Gasteiger partial charge is 0.253 e. The van der Waals surface area contributed by atoms with Crippen LogP contribution in [0, 0.1) is 0 Å². The third kappa shape index (κ3) is 2.14. The molecule has 1 saturated heterocycles. The zero-order chi connectivity index (χ0) is 11.5. The molecule has 1 amide bonds. The van der Waals surface area contributed by atoms with E-state index in [-0.39, 0.29) is 12.5 Å². The van der Waals surface area contributed by atoms with E-state index in [2.05, 4.69) is 0 Å². The van der Waals surface area contributed by atoms with Gasteiger partial charge in [-0.1, -0.05) is 0 Å². The van der Waals surface area contributed by atoms with E-state index in [1.165, 1.54) is 0 Å². The molecule has 0 aromatic heterocycles. The summed E-state index contributed by atoms with van der Waals surface area (Å²) in [5.41, 5.74) is 7.23. The molecule has 16 heavy (non-hydrogen) atoms. The van der Waals surface area contributed by atoms with E-state index in [4.69, 9.17) is 10.5 Å². The lowest BCUT2D eigenvalue weighted by atomic mass is 10.1. The molecule has 0 radical (unpaired) electrons. The van der Waals surface area contributed by atoms with Crippen molar-refractivity contribution < 1.29 is 13.9 Å². The first-order valence-electron chi connectivity index (χ1n) is 5.04. The van der Waals surface area contributed by atoms with Crippen LogP contribution in [0.2, 0.25) is 0 Å². The number of amides is 1. The van der Waals surface area contributed by atoms with Crippen LogP contribution >= 0.6 is 0 Å². The fourth-order valence-corrected chi connectivity index (χ4v) is 1.72. The number of nitrogen functional groups attached to an aromatic ring is 1. The van der Waals surface area contributed by atoms with E-state index < -0.39 is 6.67 Å². The van der Waals surface area contributed by atoms with Crippen molar-refractivity contribution in [3.63, 3.8) is 0 Å². The number of nitrogens with two attached hydrogens (primary N) is 1. The van der Waals surface area contributed by atoms with Gasteiger partial charge in [-0.2, -0.15) is 0 Å². The Bertz CT molecular complexity index is 409. The minimum absolute atomic E-state index is 0.0692. The van der Waals surface area contributed by atoms with Crippen molar-refractivity contribution in [2.45, 2.75) is 6.67 Å². The number of hydrogen-bond acceptors (Lipinski definition) is 3. The molecule has 1 fully saturated rings. The molecular weight excluding hydrogens is 211 g/mol. The lowest BCUT2D eigenvalue weighted by Gasteiger charge is -2.27. The van der Waals surface area contributed by atoms with Gasteiger partial charge in [0.05, 0.1) is 6.61 Å². The lowest BCUT2D eigenvalue weighted by Crippen LogP contribution is -2.41. The minimum Gasteiger partial charge on any atom is -0.399 e. The second kappa shape index (κ2) is 4.49. The molecule has 1 aromatic carbocycles. The SMILES string of the molecule is Nc1cc(CF)cc(N2CCOCC2=O)c1. The quantitative estimate of drug-likeness (QED) is 0.765. The summed E-state index contributed by atoms with van der Waals surface area (Å²) in [6.07, 6.45) is 0. The van der Waals surface area contributed by atoms with Crippen molar-refractivity contribution in [1.29, 1.82) is 0 Å². The first-order chi connectivity index (χ1) is 7.70. The predicted octanol–water partition coefficient (Wildman–Crippen LogP) is 1.10. The first-order valence-corrected chi connectivity index (χ1v) is 5.04. The molecule has 86 valence electrons. The van der Waals surface area contributed by atoms with E-state index in [1.54, 1.807) is 23.1 Å². The molecule has 5 heteroatoms.